The third-order valence-electron chi connectivity index (χ3n) is 2.05. The van der Waals surface area contributed by atoms with Crippen molar-refractivity contribution in [1.82, 2.24) is 10.3 Å². The number of hydrogen-bond acceptors (Lipinski definition) is 3. The standard InChI is InChI=1S/C11H18N2S/c1-8(2)14-11-7-10(5-6-13-11)9(3)12-4/h5-9,12H,1-4H3. The molecule has 1 unspecified atom stereocenters. The van der Waals surface area contributed by atoms with Crippen molar-refractivity contribution >= 4 is 11.8 Å². The molecule has 1 heterocycles. The maximum atomic E-state index is 4.33. The second-order valence-corrected chi connectivity index (χ2v) is 5.20. The molecule has 1 rings (SSSR count). The van der Waals surface area contributed by atoms with E-state index in [4.69, 9.17) is 0 Å². The summed E-state index contributed by atoms with van der Waals surface area (Å²) in [5, 5.41) is 4.92. The second-order valence-electron chi connectivity index (χ2n) is 3.60. The lowest BCUT2D eigenvalue weighted by molar-refractivity contribution is 0.649. The summed E-state index contributed by atoms with van der Waals surface area (Å²) in [6.45, 7) is 6.51. The maximum absolute atomic E-state index is 4.33. The van der Waals surface area contributed by atoms with Crippen molar-refractivity contribution in [3.8, 4) is 0 Å². The average Bonchev–Trinajstić information content (AvgIpc) is 2.16. The highest BCUT2D eigenvalue weighted by molar-refractivity contribution is 7.99. The Balaban J connectivity index is 2.78. The minimum atomic E-state index is 0.393. The minimum absolute atomic E-state index is 0.393. The van der Waals surface area contributed by atoms with Gasteiger partial charge in [-0.2, -0.15) is 0 Å². The van der Waals surface area contributed by atoms with E-state index in [1.165, 1.54) is 5.56 Å². The Morgan fingerprint density at radius 1 is 1.36 bits per heavy atom. The molecule has 14 heavy (non-hydrogen) atoms. The van der Waals surface area contributed by atoms with Gasteiger partial charge in [0.1, 0.15) is 0 Å². The fourth-order valence-electron chi connectivity index (χ4n) is 1.17. The summed E-state index contributed by atoms with van der Waals surface area (Å²) in [6, 6.07) is 4.61. The average molecular weight is 210 g/mol. The molecule has 0 aliphatic carbocycles. The Kier molecular flexibility index (Phi) is 4.42. The normalized spacial score (nSPS) is 13.2. The second kappa shape index (κ2) is 5.37. The van der Waals surface area contributed by atoms with Gasteiger partial charge in [-0.25, -0.2) is 4.98 Å². The van der Waals surface area contributed by atoms with Crippen LogP contribution in [0.2, 0.25) is 0 Å². The molecule has 0 aromatic carbocycles. The molecule has 0 fully saturated rings. The molecule has 0 bridgehead atoms. The fraction of sp³-hybridized carbons (Fsp3) is 0.545. The van der Waals surface area contributed by atoms with Crippen LogP contribution in [0.15, 0.2) is 23.4 Å². The molecule has 1 aromatic heterocycles. The lowest BCUT2D eigenvalue weighted by atomic mass is 10.1. The van der Waals surface area contributed by atoms with E-state index in [0.717, 1.165) is 5.03 Å². The van der Waals surface area contributed by atoms with Crippen molar-refractivity contribution in [1.29, 1.82) is 0 Å². The van der Waals surface area contributed by atoms with Gasteiger partial charge in [0.15, 0.2) is 0 Å². The Bertz CT molecular complexity index is 286. The number of aromatic nitrogens is 1. The zero-order valence-electron chi connectivity index (χ0n) is 9.24. The molecule has 78 valence electrons. The SMILES string of the molecule is CNC(C)c1ccnc(SC(C)C)c1. The fourth-order valence-corrected chi connectivity index (χ4v) is 1.98. The highest BCUT2D eigenvalue weighted by Crippen LogP contribution is 2.23. The number of rotatable bonds is 4. The molecule has 0 amide bonds. The van der Waals surface area contributed by atoms with Crippen LogP contribution in [0.5, 0.6) is 0 Å². The van der Waals surface area contributed by atoms with Gasteiger partial charge in [-0.3, -0.25) is 0 Å². The molecule has 1 N–H and O–H groups in total. The van der Waals surface area contributed by atoms with E-state index < -0.39 is 0 Å². The molecular formula is C11H18N2S. The first-order valence-corrected chi connectivity index (χ1v) is 5.81. The number of hydrogen-bond donors (Lipinski definition) is 1. The summed E-state index contributed by atoms with van der Waals surface area (Å²) in [7, 11) is 1.97. The Morgan fingerprint density at radius 2 is 2.07 bits per heavy atom. The van der Waals surface area contributed by atoms with E-state index >= 15 is 0 Å². The first-order chi connectivity index (χ1) is 6.63. The topological polar surface area (TPSA) is 24.9 Å². The molecule has 3 heteroatoms. The molecule has 0 saturated carbocycles. The highest BCUT2D eigenvalue weighted by Gasteiger charge is 2.05. The third kappa shape index (κ3) is 3.31. The zero-order valence-corrected chi connectivity index (χ0v) is 10.1. The predicted molar refractivity (Wildman–Crippen MR) is 62.7 cm³/mol. The van der Waals surface area contributed by atoms with Crippen LogP contribution < -0.4 is 5.32 Å². The van der Waals surface area contributed by atoms with E-state index in [1.807, 2.05) is 13.2 Å². The van der Waals surface area contributed by atoms with Crippen LogP contribution in [-0.2, 0) is 0 Å². The molecule has 0 spiro atoms. The monoisotopic (exact) mass is 210 g/mol. The molecule has 2 nitrogen and oxygen atoms in total. The molecule has 0 saturated heterocycles. The summed E-state index contributed by atoms with van der Waals surface area (Å²) in [4.78, 5) is 4.33. The molecule has 1 aromatic rings. The maximum Gasteiger partial charge on any atom is 0.0965 e. The van der Waals surface area contributed by atoms with E-state index in [2.05, 4.69) is 43.2 Å². The quantitative estimate of drug-likeness (QED) is 0.774. The van der Waals surface area contributed by atoms with E-state index in [-0.39, 0.29) is 0 Å². The smallest absolute Gasteiger partial charge is 0.0965 e. The van der Waals surface area contributed by atoms with Gasteiger partial charge in [-0.1, -0.05) is 13.8 Å². The highest BCUT2D eigenvalue weighted by atomic mass is 32.2. The van der Waals surface area contributed by atoms with Crippen LogP contribution >= 0.6 is 11.8 Å². The molecule has 1 atom stereocenters. The molecule has 0 radical (unpaired) electrons. The van der Waals surface area contributed by atoms with Gasteiger partial charge in [0.05, 0.1) is 5.03 Å². The lowest BCUT2D eigenvalue weighted by Gasteiger charge is -2.11. The van der Waals surface area contributed by atoms with Crippen molar-refractivity contribution < 1.29 is 0 Å². The number of thioether (sulfide) groups is 1. The van der Waals surface area contributed by atoms with Gasteiger partial charge in [-0.15, -0.1) is 11.8 Å². The van der Waals surface area contributed by atoms with Gasteiger partial charge in [-0.05, 0) is 31.7 Å². The van der Waals surface area contributed by atoms with E-state index in [9.17, 15) is 0 Å². The summed E-state index contributed by atoms with van der Waals surface area (Å²) < 4.78 is 0. The molecule has 0 aliphatic rings. The summed E-state index contributed by atoms with van der Waals surface area (Å²) in [6.07, 6.45) is 1.88. The summed E-state index contributed by atoms with van der Waals surface area (Å²) in [5.74, 6) is 0. The van der Waals surface area contributed by atoms with Gasteiger partial charge in [0.25, 0.3) is 0 Å². The third-order valence-corrected chi connectivity index (χ3v) is 2.98. The minimum Gasteiger partial charge on any atom is -0.313 e. The first-order valence-electron chi connectivity index (χ1n) is 4.93. The van der Waals surface area contributed by atoms with Crippen LogP contribution in [0.25, 0.3) is 0 Å². The van der Waals surface area contributed by atoms with Crippen LogP contribution in [0, 0.1) is 0 Å². The predicted octanol–water partition coefficient (Wildman–Crippen LogP) is 2.86. The Labute approximate surface area is 90.5 Å². The van der Waals surface area contributed by atoms with E-state index in [1.54, 1.807) is 11.8 Å². The van der Waals surface area contributed by atoms with Gasteiger partial charge < -0.3 is 5.32 Å². The largest absolute Gasteiger partial charge is 0.313 e. The summed E-state index contributed by atoms with van der Waals surface area (Å²) >= 11 is 1.80. The zero-order chi connectivity index (χ0) is 10.6. The summed E-state index contributed by atoms with van der Waals surface area (Å²) in [5.41, 5.74) is 1.30. The van der Waals surface area contributed by atoms with Crippen molar-refractivity contribution in [2.75, 3.05) is 7.05 Å². The molecular weight excluding hydrogens is 192 g/mol. The van der Waals surface area contributed by atoms with Crippen molar-refractivity contribution in [3.05, 3.63) is 23.9 Å². The van der Waals surface area contributed by atoms with Crippen molar-refractivity contribution in [3.63, 3.8) is 0 Å². The van der Waals surface area contributed by atoms with Crippen LogP contribution in [0.1, 0.15) is 32.4 Å². The van der Waals surface area contributed by atoms with Crippen molar-refractivity contribution in [2.24, 2.45) is 0 Å². The lowest BCUT2D eigenvalue weighted by Crippen LogP contribution is -2.12. The van der Waals surface area contributed by atoms with Gasteiger partial charge in [0.2, 0.25) is 0 Å². The van der Waals surface area contributed by atoms with Crippen LogP contribution in [0.3, 0.4) is 0 Å². The van der Waals surface area contributed by atoms with Crippen LogP contribution in [-0.4, -0.2) is 17.3 Å². The molecule has 0 aliphatic heterocycles. The first kappa shape index (κ1) is 11.5. The van der Waals surface area contributed by atoms with Gasteiger partial charge in [0, 0.05) is 17.5 Å². The Morgan fingerprint density at radius 3 is 2.64 bits per heavy atom. The number of pyridine rings is 1. The van der Waals surface area contributed by atoms with Crippen LogP contribution in [0.4, 0.5) is 0 Å². The Hall–Kier alpha value is -0.540. The van der Waals surface area contributed by atoms with Gasteiger partial charge >= 0.3 is 0 Å². The van der Waals surface area contributed by atoms with E-state index in [0.29, 0.717) is 11.3 Å². The van der Waals surface area contributed by atoms with Crippen molar-refractivity contribution in [2.45, 2.75) is 37.1 Å². The number of nitrogens with zero attached hydrogens (tertiary/aromatic N) is 1. The number of nitrogens with one attached hydrogen (secondary N) is 1.